The largest absolute Gasteiger partial charge is 0.394 e. The Kier molecular flexibility index (Phi) is 34.2. The van der Waals surface area contributed by atoms with Gasteiger partial charge in [-0.25, -0.2) is 0 Å². The number of amides is 1. The Hall–Kier alpha value is -2.89. The molecule has 9 heteroatoms. The molecule has 1 aliphatic rings. The Labute approximate surface area is 345 Å². The van der Waals surface area contributed by atoms with Gasteiger partial charge in [-0.15, -0.1) is 0 Å². The molecule has 0 bridgehead atoms. The first-order valence-electron chi connectivity index (χ1n) is 21.9. The zero-order valence-corrected chi connectivity index (χ0v) is 35.3. The van der Waals surface area contributed by atoms with Crippen molar-refractivity contribution in [2.45, 2.75) is 185 Å². The van der Waals surface area contributed by atoms with Gasteiger partial charge in [0.25, 0.3) is 0 Å². The molecule has 0 aromatic heterocycles. The van der Waals surface area contributed by atoms with E-state index in [1.54, 1.807) is 0 Å². The van der Waals surface area contributed by atoms with Crippen LogP contribution >= 0.6 is 0 Å². The van der Waals surface area contributed by atoms with E-state index in [1.807, 2.05) is 0 Å². The van der Waals surface area contributed by atoms with Gasteiger partial charge in [-0.2, -0.15) is 0 Å². The molecule has 1 saturated heterocycles. The summed E-state index contributed by atoms with van der Waals surface area (Å²) in [5.41, 5.74) is 0. The molecule has 0 aromatic carbocycles. The number of rotatable bonds is 34. The normalized spacial score (nSPS) is 22.0. The van der Waals surface area contributed by atoms with E-state index in [-0.39, 0.29) is 12.5 Å². The van der Waals surface area contributed by atoms with Crippen molar-refractivity contribution in [2.24, 2.45) is 0 Å². The number of nitrogens with one attached hydrogen (secondary N) is 1. The third kappa shape index (κ3) is 28.2. The first-order chi connectivity index (χ1) is 27.8. The molecule has 0 aliphatic carbocycles. The topological polar surface area (TPSA) is 149 Å². The van der Waals surface area contributed by atoms with Crippen LogP contribution in [0.1, 0.15) is 142 Å². The molecule has 57 heavy (non-hydrogen) atoms. The molecule has 0 radical (unpaired) electrons. The Morgan fingerprint density at radius 3 is 1.58 bits per heavy atom. The maximum atomic E-state index is 12.9. The molecular formula is C48H79NO8. The van der Waals surface area contributed by atoms with Crippen LogP contribution in [0.3, 0.4) is 0 Å². The molecule has 7 atom stereocenters. The highest BCUT2D eigenvalue weighted by molar-refractivity contribution is 5.76. The number of carbonyl (C=O) groups is 1. The van der Waals surface area contributed by atoms with Crippen molar-refractivity contribution in [3.63, 3.8) is 0 Å². The number of aliphatic hydroxyl groups excluding tert-OH is 5. The monoisotopic (exact) mass is 798 g/mol. The smallest absolute Gasteiger partial charge is 0.220 e. The molecule has 7 unspecified atom stereocenters. The lowest BCUT2D eigenvalue weighted by atomic mass is 9.99. The molecule has 0 aromatic rings. The summed E-state index contributed by atoms with van der Waals surface area (Å²) >= 11 is 0. The minimum Gasteiger partial charge on any atom is -0.394 e. The third-order valence-electron chi connectivity index (χ3n) is 9.70. The molecule has 1 amide bonds. The van der Waals surface area contributed by atoms with Gasteiger partial charge in [0, 0.05) is 6.42 Å². The quantitative estimate of drug-likeness (QED) is 0.0279. The van der Waals surface area contributed by atoms with Crippen LogP contribution in [-0.2, 0) is 14.3 Å². The maximum absolute atomic E-state index is 12.9. The highest BCUT2D eigenvalue weighted by Crippen LogP contribution is 2.23. The van der Waals surface area contributed by atoms with Crippen LogP contribution in [0.15, 0.2) is 97.2 Å². The Morgan fingerprint density at radius 2 is 1.09 bits per heavy atom. The SMILES string of the molecule is CC/C=C\C/C=C\C/C=C\C/C=C\C/C=C\C/C=C\C/C=C\C/C=C\CCCCC(=O)NC(COC1OC(CO)C(O)C(O)C1O)C(O)CCCCCCCCC. The summed E-state index contributed by atoms with van der Waals surface area (Å²) in [5, 5.41) is 53.9. The maximum Gasteiger partial charge on any atom is 0.220 e. The van der Waals surface area contributed by atoms with Crippen molar-refractivity contribution < 1.29 is 39.8 Å². The fourth-order valence-electron chi connectivity index (χ4n) is 6.17. The lowest BCUT2D eigenvalue weighted by molar-refractivity contribution is -0.302. The number of ether oxygens (including phenoxy) is 2. The molecule has 0 saturated carbocycles. The summed E-state index contributed by atoms with van der Waals surface area (Å²) in [5.74, 6) is -0.197. The van der Waals surface area contributed by atoms with Gasteiger partial charge in [-0.05, 0) is 77.0 Å². The van der Waals surface area contributed by atoms with Crippen molar-refractivity contribution in [1.82, 2.24) is 5.32 Å². The van der Waals surface area contributed by atoms with Gasteiger partial charge >= 0.3 is 0 Å². The summed E-state index contributed by atoms with van der Waals surface area (Å²) in [4.78, 5) is 12.9. The van der Waals surface area contributed by atoms with E-state index >= 15 is 0 Å². The van der Waals surface area contributed by atoms with Gasteiger partial charge in [-0.3, -0.25) is 4.79 Å². The summed E-state index contributed by atoms with van der Waals surface area (Å²) < 4.78 is 11.2. The van der Waals surface area contributed by atoms with Gasteiger partial charge in [0.1, 0.15) is 24.4 Å². The van der Waals surface area contributed by atoms with Crippen molar-refractivity contribution in [2.75, 3.05) is 13.2 Å². The van der Waals surface area contributed by atoms with Crippen LogP contribution in [0.25, 0.3) is 0 Å². The van der Waals surface area contributed by atoms with Gasteiger partial charge in [0.2, 0.25) is 5.91 Å². The van der Waals surface area contributed by atoms with E-state index in [0.29, 0.717) is 19.3 Å². The zero-order chi connectivity index (χ0) is 41.6. The van der Waals surface area contributed by atoms with Crippen LogP contribution in [0.4, 0.5) is 0 Å². The van der Waals surface area contributed by atoms with Crippen LogP contribution < -0.4 is 5.32 Å². The zero-order valence-electron chi connectivity index (χ0n) is 35.3. The summed E-state index contributed by atoms with van der Waals surface area (Å²) in [6.45, 7) is 3.61. The fraction of sp³-hybridized carbons (Fsp3) is 0.646. The van der Waals surface area contributed by atoms with E-state index in [0.717, 1.165) is 83.5 Å². The molecule has 1 heterocycles. The van der Waals surface area contributed by atoms with E-state index in [1.165, 1.54) is 25.7 Å². The summed E-state index contributed by atoms with van der Waals surface area (Å²) in [6, 6.07) is -0.746. The predicted octanol–water partition coefficient (Wildman–Crippen LogP) is 8.94. The molecule has 0 spiro atoms. The molecule has 6 N–H and O–H groups in total. The van der Waals surface area contributed by atoms with Crippen molar-refractivity contribution in [1.29, 1.82) is 0 Å². The van der Waals surface area contributed by atoms with Gasteiger partial charge < -0.3 is 40.3 Å². The standard InChI is InChI=1S/C48H79NO8/c1-3-5-7-9-11-12-13-14-15-16-17-18-19-20-21-22-23-24-25-26-27-28-29-30-32-34-36-38-44(52)49-41(42(51)37-35-33-31-10-8-6-4-2)40-56-48-47(55)46(54)45(53)43(39-50)57-48/h5,7,11-12,14-15,17-18,20-21,23-24,26-27,29-30,41-43,45-48,50-51,53-55H,3-4,6,8-10,13,16,19,22,25,28,31-40H2,1-2H3,(H,49,52)/b7-5-,12-11-,15-14-,18-17-,21-20-,24-23-,27-26-,30-29-. The van der Waals surface area contributed by atoms with E-state index in [2.05, 4.69) is 116 Å². The van der Waals surface area contributed by atoms with E-state index < -0.39 is 49.5 Å². The second-order valence-electron chi connectivity index (χ2n) is 14.8. The van der Waals surface area contributed by atoms with E-state index in [4.69, 9.17) is 9.47 Å². The highest BCUT2D eigenvalue weighted by atomic mass is 16.7. The molecule has 9 nitrogen and oxygen atoms in total. The number of unbranched alkanes of at least 4 members (excludes halogenated alkanes) is 8. The van der Waals surface area contributed by atoms with E-state index in [9.17, 15) is 30.3 Å². The lowest BCUT2D eigenvalue weighted by Gasteiger charge is -2.40. The van der Waals surface area contributed by atoms with Crippen molar-refractivity contribution in [3.05, 3.63) is 97.2 Å². The molecule has 1 fully saturated rings. The van der Waals surface area contributed by atoms with Crippen LogP contribution in [0.5, 0.6) is 0 Å². The highest BCUT2D eigenvalue weighted by Gasteiger charge is 2.44. The van der Waals surface area contributed by atoms with Crippen LogP contribution in [-0.4, -0.2) is 87.5 Å². The molecule has 1 aliphatic heterocycles. The summed E-state index contributed by atoms with van der Waals surface area (Å²) in [6.07, 6.45) is 45.9. The van der Waals surface area contributed by atoms with Crippen molar-refractivity contribution >= 4 is 5.91 Å². The molecule has 1 rings (SSSR count). The first kappa shape index (κ1) is 52.1. The Balaban J connectivity index is 2.29. The third-order valence-corrected chi connectivity index (χ3v) is 9.70. The van der Waals surface area contributed by atoms with Crippen LogP contribution in [0, 0.1) is 0 Å². The van der Waals surface area contributed by atoms with Gasteiger partial charge in [0.05, 0.1) is 25.4 Å². The number of hydrogen-bond acceptors (Lipinski definition) is 8. The number of hydrogen-bond donors (Lipinski definition) is 6. The van der Waals surface area contributed by atoms with Gasteiger partial charge in [0.15, 0.2) is 6.29 Å². The van der Waals surface area contributed by atoms with Gasteiger partial charge in [-0.1, -0.05) is 156 Å². The predicted molar refractivity (Wildman–Crippen MR) is 234 cm³/mol. The number of allylic oxidation sites excluding steroid dienone is 16. The summed E-state index contributed by atoms with van der Waals surface area (Å²) in [7, 11) is 0. The average Bonchev–Trinajstić information content (AvgIpc) is 3.21. The van der Waals surface area contributed by atoms with Crippen molar-refractivity contribution in [3.8, 4) is 0 Å². The molecule has 324 valence electrons. The fourth-order valence-corrected chi connectivity index (χ4v) is 6.17. The number of carbonyl (C=O) groups excluding carboxylic acids is 1. The Bertz CT molecular complexity index is 1200. The second kappa shape index (κ2) is 37.4. The average molecular weight is 798 g/mol. The Morgan fingerprint density at radius 1 is 0.614 bits per heavy atom. The minimum absolute atomic E-state index is 0.164. The first-order valence-corrected chi connectivity index (χ1v) is 21.9. The minimum atomic E-state index is -1.56. The second-order valence-corrected chi connectivity index (χ2v) is 14.8. The van der Waals surface area contributed by atoms with Crippen LogP contribution in [0.2, 0.25) is 0 Å². The molecular weight excluding hydrogens is 719 g/mol. The lowest BCUT2D eigenvalue weighted by Crippen LogP contribution is -2.60. The number of aliphatic hydroxyl groups is 5.